The van der Waals surface area contributed by atoms with Gasteiger partial charge in [-0.05, 0) is 34.6 Å². The first-order valence-electron chi connectivity index (χ1n) is 8.43. The molecule has 118 valence electrons. The topological polar surface area (TPSA) is 21.8 Å². The van der Waals surface area contributed by atoms with Crippen LogP contribution in [0.4, 0.5) is 0 Å². The van der Waals surface area contributed by atoms with Gasteiger partial charge < -0.3 is 5.32 Å². The number of piperazine rings is 2. The first kappa shape index (κ1) is 16.2. The Labute approximate surface area is 125 Å². The van der Waals surface area contributed by atoms with Crippen molar-refractivity contribution in [1.82, 2.24) is 20.0 Å². The summed E-state index contributed by atoms with van der Waals surface area (Å²) in [4.78, 5) is 7.96. The van der Waals surface area contributed by atoms with Gasteiger partial charge in [0.2, 0.25) is 0 Å². The Morgan fingerprint density at radius 3 is 2.35 bits per heavy atom. The van der Waals surface area contributed by atoms with E-state index in [9.17, 15) is 0 Å². The SMILES string of the molecule is CC(C)N1CCN(CC(C)N2CCN[C@@H](C)C2)C(C)C1. The molecule has 0 amide bonds. The lowest BCUT2D eigenvalue weighted by Crippen LogP contribution is -2.58. The third-order valence-electron chi connectivity index (χ3n) is 5.05. The van der Waals surface area contributed by atoms with Gasteiger partial charge in [0, 0.05) is 70.0 Å². The molecule has 4 nitrogen and oxygen atoms in total. The van der Waals surface area contributed by atoms with Crippen molar-refractivity contribution < 1.29 is 0 Å². The molecule has 0 aliphatic carbocycles. The van der Waals surface area contributed by atoms with Crippen LogP contribution in [-0.2, 0) is 0 Å². The average molecular weight is 282 g/mol. The van der Waals surface area contributed by atoms with E-state index in [2.05, 4.69) is 54.6 Å². The van der Waals surface area contributed by atoms with E-state index >= 15 is 0 Å². The summed E-state index contributed by atoms with van der Waals surface area (Å²) < 4.78 is 0. The van der Waals surface area contributed by atoms with E-state index in [0.717, 1.165) is 6.54 Å². The van der Waals surface area contributed by atoms with Gasteiger partial charge >= 0.3 is 0 Å². The summed E-state index contributed by atoms with van der Waals surface area (Å²) in [6, 6.07) is 2.69. The van der Waals surface area contributed by atoms with Gasteiger partial charge in [-0.3, -0.25) is 14.7 Å². The van der Waals surface area contributed by atoms with E-state index in [1.165, 1.54) is 39.3 Å². The Kier molecular flexibility index (Phi) is 5.84. The highest BCUT2D eigenvalue weighted by molar-refractivity contribution is 4.85. The van der Waals surface area contributed by atoms with Crippen LogP contribution in [0.2, 0.25) is 0 Å². The summed E-state index contributed by atoms with van der Waals surface area (Å²) in [6.07, 6.45) is 0. The molecular weight excluding hydrogens is 248 g/mol. The molecule has 0 radical (unpaired) electrons. The maximum atomic E-state index is 3.54. The average Bonchev–Trinajstić information content (AvgIpc) is 2.40. The van der Waals surface area contributed by atoms with E-state index in [1.807, 2.05) is 0 Å². The van der Waals surface area contributed by atoms with E-state index in [1.54, 1.807) is 0 Å². The molecule has 0 saturated carbocycles. The van der Waals surface area contributed by atoms with E-state index < -0.39 is 0 Å². The molecule has 3 atom stereocenters. The van der Waals surface area contributed by atoms with Crippen molar-refractivity contribution in [2.24, 2.45) is 0 Å². The standard InChI is InChI=1S/C16H34N4/c1-13(2)18-8-9-20(15(4)11-18)12-16(5)19-7-6-17-14(3)10-19/h13-17H,6-12H2,1-5H3/t14-,15?,16?/m0/s1. The fourth-order valence-electron chi connectivity index (χ4n) is 3.58. The fourth-order valence-corrected chi connectivity index (χ4v) is 3.58. The Balaban J connectivity index is 1.81. The van der Waals surface area contributed by atoms with Crippen molar-refractivity contribution >= 4 is 0 Å². The zero-order valence-corrected chi connectivity index (χ0v) is 14.1. The lowest BCUT2D eigenvalue weighted by Gasteiger charge is -2.44. The van der Waals surface area contributed by atoms with E-state index in [0.29, 0.717) is 24.2 Å². The van der Waals surface area contributed by atoms with Crippen molar-refractivity contribution in [1.29, 1.82) is 0 Å². The second kappa shape index (κ2) is 7.21. The summed E-state index contributed by atoms with van der Waals surface area (Å²) in [7, 11) is 0. The highest BCUT2D eigenvalue weighted by atomic mass is 15.3. The second-order valence-electron chi connectivity index (χ2n) is 7.13. The van der Waals surface area contributed by atoms with Gasteiger partial charge in [0.15, 0.2) is 0 Å². The van der Waals surface area contributed by atoms with Gasteiger partial charge in [0.05, 0.1) is 0 Å². The van der Waals surface area contributed by atoms with Crippen LogP contribution in [-0.4, -0.2) is 84.7 Å². The molecule has 2 heterocycles. The van der Waals surface area contributed by atoms with Crippen LogP contribution in [0.25, 0.3) is 0 Å². The van der Waals surface area contributed by atoms with Crippen LogP contribution < -0.4 is 5.32 Å². The van der Waals surface area contributed by atoms with E-state index in [4.69, 9.17) is 0 Å². The van der Waals surface area contributed by atoms with Crippen LogP contribution in [0.15, 0.2) is 0 Å². The Bertz CT molecular complexity index is 294. The predicted molar refractivity (Wildman–Crippen MR) is 86.2 cm³/mol. The van der Waals surface area contributed by atoms with Gasteiger partial charge in [0.25, 0.3) is 0 Å². The molecule has 0 bridgehead atoms. The summed E-state index contributed by atoms with van der Waals surface area (Å²) in [5.41, 5.74) is 0. The highest BCUT2D eigenvalue weighted by Crippen LogP contribution is 2.14. The first-order chi connectivity index (χ1) is 9.47. The minimum Gasteiger partial charge on any atom is -0.312 e. The monoisotopic (exact) mass is 282 g/mol. The minimum absolute atomic E-state index is 0.640. The van der Waals surface area contributed by atoms with Gasteiger partial charge in [-0.1, -0.05) is 0 Å². The van der Waals surface area contributed by atoms with Crippen LogP contribution in [0, 0.1) is 0 Å². The predicted octanol–water partition coefficient (Wildman–Crippen LogP) is 1.08. The third kappa shape index (κ3) is 4.17. The molecule has 2 aliphatic heterocycles. The van der Waals surface area contributed by atoms with Crippen LogP contribution >= 0.6 is 0 Å². The van der Waals surface area contributed by atoms with Crippen molar-refractivity contribution in [3.63, 3.8) is 0 Å². The molecular formula is C16H34N4. The molecule has 0 aromatic rings. The highest BCUT2D eigenvalue weighted by Gasteiger charge is 2.28. The molecule has 1 N–H and O–H groups in total. The zero-order chi connectivity index (χ0) is 14.7. The van der Waals surface area contributed by atoms with Crippen molar-refractivity contribution in [2.45, 2.75) is 58.8 Å². The van der Waals surface area contributed by atoms with Crippen LogP contribution in [0.5, 0.6) is 0 Å². The van der Waals surface area contributed by atoms with E-state index in [-0.39, 0.29) is 0 Å². The van der Waals surface area contributed by atoms with Gasteiger partial charge in [0.1, 0.15) is 0 Å². The van der Waals surface area contributed by atoms with Gasteiger partial charge in [-0.25, -0.2) is 0 Å². The smallest absolute Gasteiger partial charge is 0.0196 e. The normalized spacial score (nSPS) is 32.7. The van der Waals surface area contributed by atoms with Crippen molar-refractivity contribution in [3.8, 4) is 0 Å². The van der Waals surface area contributed by atoms with Crippen LogP contribution in [0.1, 0.15) is 34.6 Å². The number of nitrogens with zero attached hydrogens (tertiary/aromatic N) is 3. The zero-order valence-electron chi connectivity index (χ0n) is 14.1. The van der Waals surface area contributed by atoms with Crippen LogP contribution in [0.3, 0.4) is 0 Å². The molecule has 0 aromatic carbocycles. The molecule has 0 aromatic heterocycles. The molecule has 2 fully saturated rings. The molecule has 2 rings (SSSR count). The fraction of sp³-hybridized carbons (Fsp3) is 1.00. The number of hydrogen-bond donors (Lipinski definition) is 1. The molecule has 4 heteroatoms. The molecule has 2 saturated heterocycles. The quantitative estimate of drug-likeness (QED) is 0.833. The Hall–Kier alpha value is -0.160. The first-order valence-corrected chi connectivity index (χ1v) is 8.43. The van der Waals surface area contributed by atoms with Gasteiger partial charge in [-0.2, -0.15) is 0 Å². The van der Waals surface area contributed by atoms with Gasteiger partial charge in [-0.15, -0.1) is 0 Å². The Morgan fingerprint density at radius 2 is 1.75 bits per heavy atom. The molecule has 0 spiro atoms. The Morgan fingerprint density at radius 1 is 1.00 bits per heavy atom. The molecule has 2 aliphatic rings. The maximum Gasteiger partial charge on any atom is 0.0196 e. The largest absolute Gasteiger partial charge is 0.312 e. The van der Waals surface area contributed by atoms with Crippen molar-refractivity contribution in [3.05, 3.63) is 0 Å². The van der Waals surface area contributed by atoms with Crippen molar-refractivity contribution in [2.75, 3.05) is 45.8 Å². The third-order valence-corrected chi connectivity index (χ3v) is 5.05. The molecule has 2 unspecified atom stereocenters. The number of nitrogens with one attached hydrogen (secondary N) is 1. The lowest BCUT2D eigenvalue weighted by atomic mass is 10.1. The summed E-state index contributed by atoms with van der Waals surface area (Å²) in [6.45, 7) is 20.2. The maximum absolute atomic E-state index is 3.54. The summed E-state index contributed by atoms with van der Waals surface area (Å²) >= 11 is 0. The minimum atomic E-state index is 0.640. The summed E-state index contributed by atoms with van der Waals surface area (Å²) in [5, 5.41) is 3.54. The molecule has 20 heavy (non-hydrogen) atoms. The second-order valence-corrected chi connectivity index (χ2v) is 7.13. The summed E-state index contributed by atoms with van der Waals surface area (Å²) in [5.74, 6) is 0. The number of rotatable bonds is 4. The number of hydrogen-bond acceptors (Lipinski definition) is 4. The lowest BCUT2D eigenvalue weighted by molar-refractivity contribution is 0.0384.